The molecule has 0 N–H and O–H groups in total. The van der Waals surface area contributed by atoms with Gasteiger partial charge >= 0.3 is 0 Å². The molecule has 3 heteroatoms. The van der Waals surface area contributed by atoms with Crippen LogP contribution in [0.5, 0.6) is 0 Å². The first-order valence-corrected chi connectivity index (χ1v) is 4.72. The van der Waals surface area contributed by atoms with Crippen LogP contribution in [0, 0.1) is 11.3 Å². The second kappa shape index (κ2) is 4.66. The summed E-state index contributed by atoms with van der Waals surface area (Å²) in [6, 6.07) is 4.49. The van der Waals surface area contributed by atoms with Crippen LogP contribution in [-0.2, 0) is 6.42 Å². The Labute approximate surface area is 79.0 Å². The van der Waals surface area contributed by atoms with Crippen molar-refractivity contribution < 1.29 is 0 Å². The summed E-state index contributed by atoms with van der Waals surface area (Å²) in [4.78, 5) is 0. The Hall–Kier alpha value is -1.30. The molecular weight excluding hydrogens is 162 g/mol. The van der Waals surface area contributed by atoms with Crippen LogP contribution in [0.4, 0.5) is 0 Å². The molecule has 0 aliphatic rings. The summed E-state index contributed by atoms with van der Waals surface area (Å²) in [7, 11) is 0. The molecule has 0 aliphatic carbocycles. The Morgan fingerprint density at radius 1 is 1.54 bits per heavy atom. The summed E-state index contributed by atoms with van der Waals surface area (Å²) in [6.45, 7) is 4.31. The molecule has 0 aliphatic heterocycles. The van der Waals surface area contributed by atoms with Crippen LogP contribution < -0.4 is 0 Å². The van der Waals surface area contributed by atoms with Gasteiger partial charge in [-0.15, -0.1) is 0 Å². The Morgan fingerprint density at radius 3 is 2.77 bits per heavy atom. The third-order valence-electron chi connectivity index (χ3n) is 2.24. The lowest BCUT2D eigenvalue weighted by molar-refractivity contribution is 0.426. The Balaban J connectivity index is 2.73. The zero-order valence-electron chi connectivity index (χ0n) is 8.20. The van der Waals surface area contributed by atoms with Gasteiger partial charge in [-0.05, 0) is 18.9 Å². The van der Waals surface area contributed by atoms with Gasteiger partial charge in [0, 0.05) is 6.20 Å². The summed E-state index contributed by atoms with van der Waals surface area (Å²) in [5, 5.41) is 12.8. The first-order chi connectivity index (χ1) is 6.31. The van der Waals surface area contributed by atoms with Crippen molar-refractivity contribution in [2.24, 2.45) is 0 Å². The first kappa shape index (κ1) is 9.79. The van der Waals surface area contributed by atoms with Crippen LogP contribution in [-0.4, -0.2) is 9.78 Å². The van der Waals surface area contributed by atoms with Crippen molar-refractivity contribution in [1.82, 2.24) is 9.78 Å². The summed E-state index contributed by atoms with van der Waals surface area (Å²) in [5.74, 6) is 0. The fourth-order valence-corrected chi connectivity index (χ4v) is 1.42. The average molecular weight is 177 g/mol. The molecular formula is C10H15N3. The number of nitrogens with zero attached hydrogens (tertiary/aromatic N) is 3. The molecule has 0 fully saturated rings. The zero-order chi connectivity index (χ0) is 9.68. The van der Waals surface area contributed by atoms with Crippen LogP contribution in [0.1, 0.15) is 38.4 Å². The van der Waals surface area contributed by atoms with Crippen LogP contribution in [0.2, 0.25) is 0 Å². The molecule has 1 rings (SSSR count). The molecule has 1 aromatic heterocycles. The maximum Gasteiger partial charge on any atom is 0.0793 e. The molecule has 0 unspecified atom stereocenters. The van der Waals surface area contributed by atoms with Gasteiger partial charge in [-0.1, -0.05) is 13.8 Å². The van der Waals surface area contributed by atoms with E-state index in [0.717, 1.165) is 18.5 Å². The molecule has 0 aromatic carbocycles. The predicted octanol–water partition coefficient (Wildman–Crippen LogP) is 2.31. The summed E-state index contributed by atoms with van der Waals surface area (Å²) in [5.41, 5.74) is 0.870. The fraction of sp³-hybridized carbons (Fsp3) is 0.600. The molecule has 0 saturated carbocycles. The monoisotopic (exact) mass is 177 g/mol. The SMILES string of the molecule is CCC(CC)n1ccc(CC#N)n1. The van der Waals surface area contributed by atoms with E-state index in [2.05, 4.69) is 25.0 Å². The predicted molar refractivity (Wildman–Crippen MR) is 51.2 cm³/mol. The highest BCUT2D eigenvalue weighted by Gasteiger charge is 2.06. The lowest BCUT2D eigenvalue weighted by Gasteiger charge is -2.12. The standard InChI is InChI=1S/C10H15N3/c1-3-10(4-2)13-8-6-9(12-13)5-7-11/h6,8,10H,3-5H2,1-2H3. The minimum atomic E-state index is 0.410. The Bertz CT molecular complexity index is 291. The largest absolute Gasteiger partial charge is 0.269 e. The molecule has 70 valence electrons. The lowest BCUT2D eigenvalue weighted by atomic mass is 10.2. The minimum absolute atomic E-state index is 0.410. The number of rotatable bonds is 4. The van der Waals surface area contributed by atoms with Gasteiger partial charge in [-0.2, -0.15) is 10.4 Å². The quantitative estimate of drug-likeness (QED) is 0.708. The van der Waals surface area contributed by atoms with Gasteiger partial charge in [0.1, 0.15) is 0 Å². The maximum atomic E-state index is 8.48. The van der Waals surface area contributed by atoms with E-state index in [0.29, 0.717) is 12.5 Å². The van der Waals surface area contributed by atoms with Crippen LogP contribution >= 0.6 is 0 Å². The van der Waals surface area contributed by atoms with E-state index < -0.39 is 0 Å². The van der Waals surface area contributed by atoms with Crippen molar-refractivity contribution in [3.63, 3.8) is 0 Å². The molecule has 0 spiro atoms. The van der Waals surface area contributed by atoms with E-state index in [1.54, 1.807) is 0 Å². The molecule has 3 nitrogen and oxygen atoms in total. The van der Waals surface area contributed by atoms with Gasteiger partial charge in [0.25, 0.3) is 0 Å². The Morgan fingerprint density at radius 2 is 2.23 bits per heavy atom. The van der Waals surface area contributed by atoms with E-state index in [1.165, 1.54) is 0 Å². The molecule has 0 radical (unpaired) electrons. The number of nitriles is 1. The normalized spacial score (nSPS) is 10.3. The smallest absolute Gasteiger partial charge is 0.0793 e. The zero-order valence-corrected chi connectivity index (χ0v) is 8.20. The molecule has 0 amide bonds. The van der Waals surface area contributed by atoms with Crippen LogP contribution in [0.3, 0.4) is 0 Å². The lowest BCUT2D eigenvalue weighted by Crippen LogP contribution is -2.07. The second-order valence-corrected chi connectivity index (χ2v) is 3.09. The van der Waals surface area contributed by atoms with E-state index in [-0.39, 0.29) is 0 Å². The third-order valence-corrected chi connectivity index (χ3v) is 2.24. The molecule has 1 heterocycles. The highest BCUT2D eigenvalue weighted by molar-refractivity contribution is 5.05. The topological polar surface area (TPSA) is 41.6 Å². The van der Waals surface area contributed by atoms with Gasteiger partial charge in [-0.25, -0.2) is 0 Å². The summed E-state index contributed by atoms with van der Waals surface area (Å²) < 4.78 is 1.96. The van der Waals surface area contributed by atoms with Gasteiger partial charge in [0.05, 0.1) is 24.2 Å². The van der Waals surface area contributed by atoms with Crippen molar-refractivity contribution >= 4 is 0 Å². The van der Waals surface area contributed by atoms with Crippen molar-refractivity contribution in [3.05, 3.63) is 18.0 Å². The van der Waals surface area contributed by atoms with Crippen LogP contribution in [0.15, 0.2) is 12.3 Å². The van der Waals surface area contributed by atoms with Crippen LogP contribution in [0.25, 0.3) is 0 Å². The average Bonchev–Trinajstić information content (AvgIpc) is 2.56. The van der Waals surface area contributed by atoms with Gasteiger partial charge in [0.15, 0.2) is 0 Å². The van der Waals surface area contributed by atoms with E-state index in [4.69, 9.17) is 5.26 Å². The van der Waals surface area contributed by atoms with E-state index >= 15 is 0 Å². The van der Waals surface area contributed by atoms with E-state index in [1.807, 2.05) is 16.9 Å². The van der Waals surface area contributed by atoms with Crippen molar-refractivity contribution in [1.29, 1.82) is 5.26 Å². The Kier molecular flexibility index (Phi) is 3.51. The van der Waals surface area contributed by atoms with Crippen molar-refractivity contribution in [2.75, 3.05) is 0 Å². The molecule has 0 atom stereocenters. The summed E-state index contributed by atoms with van der Waals surface area (Å²) >= 11 is 0. The molecule has 13 heavy (non-hydrogen) atoms. The first-order valence-electron chi connectivity index (χ1n) is 4.72. The van der Waals surface area contributed by atoms with Gasteiger partial charge in [0.2, 0.25) is 0 Å². The number of hydrogen-bond acceptors (Lipinski definition) is 2. The minimum Gasteiger partial charge on any atom is -0.269 e. The number of hydrogen-bond donors (Lipinski definition) is 0. The highest BCUT2D eigenvalue weighted by atomic mass is 15.3. The summed E-state index contributed by atoms with van der Waals surface area (Å²) in [6.07, 6.45) is 4.55. The van der Waals surface area contributed by atoms with E-state index in [9.17, 15) is 0 Å². The third kappa shape index (κ3) is 2.32. The maximum absolute atomic E-state index is 8.48. The molecule has 0 bridgehead atoms. The second-order valence-electron chi connectivity index (χ2n) is 3.09. The van der Waals surface area contributed by atoms with Crippen molar-refractivity contribution in [3.8, 4) is 6.07 Å². The molecule has 1 aromatic rings. The number of aromatic nitrogens is 2. The van der Waals surface area contributed by atoms with Crippen molar-refractivity contribution in [2.45, 2.75) is 39.2 Å². The molecule has 0 saturated heterocycles. The van der Waals surface area contributed by atoms with Gasteiger partial charge in [-0.3, -0.25) is 4.68 Å². The van der Waals surface area contributed by atoms with Gasteiger partial charge < -0.3 is 0 Å². The highest BCUT2D eigenvalue weighted by Crippen LogP contribution is 2.14. The fourth-order valence-electron chi connectivity index (χ4n) is 1.42.